The third kappa shape index (κ3) is 5.37. The van der Waals surface area contributed by atoms with Gasteiger partial charge in [0.05, 0.1) is 12.7 Å². The molecule has 2 aliphatic carbocycles. The van der Waals surface area contributed by atoms with Crippen LogP contribution in [-0.4, -0.2) is 42.2 Å². The predicted octanol–water partition coefficient (Wildman–Crippen LogP) is 3.64. The highest BCUT2D eigenvalue weighted by atomic mass is 35.5. The van der Waals surface area contributed by atoms with Crippen molar-refractivity contribution < 1.29 is 9.32 Å². The van der Waals surface area contributed by atoms with Crippen molar-refractivity contribution in [2.45, 2.75) is 49.9 Å². The van der Waals surface area contributed by atoms with Gasteiger partial charge in [-0.25, -0.2) is 9.97 Å². The smallest absolute Gasteiger partial charge is 0.273 e. The van der Waals surface area contributed by atoms with Crippen LogP contribution in [0.15, 0.2) is 78.4 Å². The summed E-state index contributed by atoms with van der Waals surface area (Å²) in [4.78, 5) is 20.2. The number of halogens is 1. The van der Waals surface area contributed by atoms with E-state index in [-0.39, 0.29) is 24.4 Å². The van der Waals surface area contributed by atoms with Gasteiger partial charge in [0, 0.05) is 60.6 Å². The second kappa shape index (κ2) is 10.7. The molecule has 0 atom stereocenters. The first-order valence-corrected chi connectivity index (χ1v) is 11.2. The molecule has 1 amide bonds. The van der Waals surface area contributed by atoms with Crippen molar-refractivity contribution in [2.24, 2.45) is 5.73 Å². The largest absolute Gasteiger partial charge is 0.355 e. The summed E-state index contributed by atoms with van der Waals surface area (Å²) in [6.07, 6.45) is 15.2. The van der Waals surface area contributed by atoms with Crippen molar-refractivity contribution in [2.75, 3.05) is 0 Å². The average Bonchev–Trinajstić information content (AvgIpc) is 3.57. The Bertz CT molecular complexity index is 1150. The minimum Gasteiger partial charge on any atom is -0.355 e. The highest BCUT2D eigenvalue weighted by Crippen LogP contribution is 2.32. The molecule has 10 heteroatoms. The Kier molecular flexibility index (Phi) is 7.44. The quantitative estimate of drug-likeness (QED) is 0.449. The van der Waals surface area contributed by atoms with Crippen LogP contribution in [-0.2, 0) is 0 Å². The molecule has 178 valence electrons. The van der Waals surface area contributed by atoms with E-state index in [1.54, 1.807) is 12.3 Å². The van der Waals surface area contributed by atoms with Crippen LogP contribution in [0.3, 0.4) is 0 Å². The maximum atomic E-state index is 12.2. The van der Waals surface area contributed by atoms with E-state index in [1.807, 2.05) is 61.6 Å². The third-order valence-corrected chi connectivity index (χ3v) is 6.29. The fraction of sp³-hybridized carbons (Fsp3) is 0.333. The van der Waals surface area contributed by atoms with Crippen molar-refractivity contribution in [3.8, 4) is 11.3 Å². The summed E-state index contributed by atoms with van der Waals surface area (Å²) < 4.78 is 9.47. The Balaban J connectivity index is 0.000000209. The lowest BCUT2D eigenvalue weighted by atomic mass is 9.86. The zero-order valence-electron chi connectivity index (χ0n) is 18.6. The molecular weight excluding hydrogens is 454 g/mol. The van der Waals surface area contributed by atoms with Crippen LogP contribution in [0.1, 0.15) is 48.3 Å². The fourth-order valence-corrected chi connectivity index (χ4v) is 4.17. The zero-order valence-corrected chi connectivity index (χ0v) is 19.4. The highest BCUT2D eigenvalue weighted by Gasteiger charge is 2.32. The maximum absolute atomic E-state index is 12.2. The minimum absolute atomic E-state index is 0. The van der Waals surface area contributed by atoms with E-state index >= 15 is 0 Å². The predicted molar refractivity (Wildman–Crippen MR) is 129 cm³/mol. The molecule has 0 saturated heterocycles. The second-order valence-corrected chi connectivity index (χ2v) is 8.64. The Morgan fingerprint density at radius 2 is 1.59 bits per heavy atom. The van der Waals surface area contributed by atoms with Gasteiger partial charge in [0.15, 0.2) is 11.5 Å². The summed E-state index contributed by atoms with van der Waals surface area (Å²) in [7, 11) is 0. The van der Waals surface area contributed by atoms with Crippen molar-refractivity contribution in [1.82, 2.24) is 29.6 Å². The van der Waals surface area contributed by atoms with Crippen LogP contribution < -0.4 is 11.1 Å². The molecule has 0 spiro atoms. The molecule has 1 aromatic carbocycles. The number of hydrogen-bond acceptors (Lipinski definition) is 6. The van der Waals surface area contributed by atoms with Crippen LogP contribution in [0.5, 0.6) is 0 Å². The molecule has 0 radical (unpaired) electrons. The number of amides is 1. The average molecular weight is 482 g/mol. The third-order valence-electron chi connectivity index (χ3n) is 6.29. The molecule has 2 saturated carbocycles. The zero-order chi connectivity index (χ0) is 22.6. The van der Waals surface area contributed by atoms with Gasteiger partial charge in [0.25, 0.3) is 5.91 Å². The molecule has 3 N–H and O–H groups in total. The lowest BCUT2D eigenvalue weighted by Gasteiger charge is -2.36. The van der Waals surface area contributed by atoms with Gasteiger partial charge in [-0.2, -0.15) is 0 Å². The number of nitrogens with two attached hydrogens (primary N) is 1. The van der Waals surface area contributed by atoms with Crippen molar-refractivity contribution in [3.63, 3.8) is 0 Å². The molecule has 2 fully saturated rings. The Morgan fingerprint density at radius 3 is 2.15 bits per heavy atom. The number of nitrogens with one attached hydrogen (secondary N) is 1. The van der Waals surface area contributed by atoms with Crippen LogP contribution in [0, 0.1) is 0 Å². The first-order valence-electron chi connectivity index (χ1n) is 11.2. The topological polar surface area (TPSA) is 117 Å². The molecule has 2 aliphatic rings. The Labute approximate surface area is 203 Å². The maximum Gasteiger partial charge on any atom is 0.273 e. The summed E-state index contributed by atoms with van der Waals surface area (Å²) in [6.45, 7) is 0. The number of nitrogens with zero attached hydrogens (tertiary/aromatic N) is 5. The molecule has 34 heavy (non-hydrogen) atoms. The summed E-state index contributed by atoms with van der Waals surface area (Å²) in [5, 5.41) is 6.86. The van der Waals surface area contributed by atoms with Gasteiger partial charge in [-0.3, -0.25) is 4.79 Å². The lowest BCUT2D eigenvalue weighted by Crippen LogP contribution is -2.44. The lowest BCUT2D eigenvalue weighted by molar-refractivity contribution is 0.0884. The van der Waals surface area contributed by atoms with E-state index in [1.165, 1.54) is 0 Å². The first kappa shape index (κ1) is 23.7. The minimum atomic E-state index is -0.190. The molecule has 3 heterocycles. The van der Waals surface area contributed by atoms with Crippen molar-refractivity contribution in [3.05, 3.63) is 79.5 Å². The highest BCUT2D eigenvalue weighted by molar-refractivity contribution is 5.93. The van der Waals surface area contributed by atoms with Crippen LogP contribution >= 0.6 is 12.4 Å². The second-order valence-electron chi connectivity index (χ2n) is 8.64. The summed E-state index contributed by atoms with van der Waals surface area (Å²) in [5.74, 6) is 0.408. The van der Waals surface area contributed by atoms with E-state index in [0.717, 1.165) is 31.2 Å². The van der Waals surface area contributed by atoms with E-state index in [4.69, 9.17) is 10.3 Å². The number of rotatable bonds is 5. The van der Waals surface area contributed by atoms with Crippen LogP contribution in [0.25, 0.3) is 11.3 Å². The molecule has 6 rings (SSSR count). The molecule has 0 bridgehead atoms. The Hall–Kier alpha value is -3.43. The molecule has 0 unspecified atom stereocenters. The van der Waals surface area contributed by atoms with Crippen LogP contribution in [0.4, 0.5) is 0 Å². The number of imidazole rings is 2. The summed E-state index contributed by atoms with van der Waals surface area (Å²) >= 11 is 0. The van der Waals surface area contributed by atoms with E-state index in [9.17, 15) is 4.79 Å². The number of carbonyl (C=O) groups excluding carboxylic acids is 1. The fourth-order valence-electron chi connectivity index (χ4n) is 4.17. The first-order chi connectivity index (χ1) is 16.2. The molecule has 3 aromatic heterocycles. The summed E-state index contributed by atoms with van der Waals surface area (Å²) in [5.41, 5.74) is 6.86. The number of benzene rings is 1. The number of hydrogen-bond donors (Lipinski definition) is 2. The van der Waals surface area contributed by atoms with Gasteiger partial charge in [-0.15, -0.1) is 12.4 Å². The van der Waals surface area contributed by atoms with Crippen LogP contribution in [0.2, 0.25) is 0 Å². The van der Waals surface area contributed by atoms with Crippen molar-refractivity contribution in [1.29, 1.82) is 0 Å². The Morgan fingerprint density at radius 1 is 0.971 bits per heavy atom. The van der Waals surface area contributed by atoms with Gasteiger partial charge < -0.3 is 24.7 Å². The van der Waals surface area contributed by atoms with E-state index in [0.29, 0.717) is 29.6 Å². The van der Waals surface area contributed by atoms with Gasteiger partial charge >= 0.3 is 0 Å². The molecular formula is C24H28ClN7O2. The SMILES string of the molecule is Cl.N[C@H]1C[C@H](n2ccnc2)C1.O=C(N[C@H]1C[C@H](n2ccnc2)C1)c1cc(-c2ccccc2)on1. The number of aromatic nitrogens is 5. The summed E-state index contributed by atoms with van der Waals surface area (Å²) in [6, 6.07) is 12.9. The van der Waals surface area contributed by atoms with E-state index in [2.05, 4.69) is 29.6 Å². The van der Waals surface area contributed by atoms with Gasteiger partial charge in [0.1, 0.15) is 0 Å². The van der Waals surface area contributed by atoms with Gasteiger partial charge in [-0.05, 0) is 25.7 Å². The standard InChI is InChI=1S/C17H16N4O2.C7H11N3.ClH/c22-17(19-13-8-14(9-13)21-7-6-18-11-21)15-10-16(23-20-15)12-4-2-1-3-5-12;8-6-3-7(4-6)10-2-1-9-5-10;/h1-7,10-11,13-14H,8-9H2,(H,19,22);1-2,5-7H,3-4,8H2;1H/t13-,14-;6-,7-;. The normalized spacial score (nSPS) is 22.9. The van der Waals surface area contributed by atoms with Gasteiger partial charge in [-0.1, -0.05) is 35.5 Å². The van der Waals surface area contributed by atoms with Crippen molar-refractivity contribution >= 4 is 18.3 Å². The monoisotopic (exact) mass is 481 g/mol. The van der Waals surface area contributed by atoms with E-state index < -0.39 is 0 Å². The molecule has 4 aromatic rings. The molecule has 0 aliphatic heterocycles. The number of carbonyl (C=O) groups is 1. The molecule has 9 nitrogen and oxygen atoms in total. The van der Waals surface area contributed by atoms with Gasteiger partial charge in [0.2, 0.25) is 0 Å².